The number of fused-ring (bicyclic) bond motifs is 1. The number of benzene rings is 1. The van der Waals surface area contributed by atoms with Crippen LogP contribution in [-0.2, 0) is 0 Å². The number of nitro benzene ring substituents is 1. The van der Waals surface area contributed by atoms with E-state index in [1.165, 1.54) is 12.1 Å². The third-order valence-electron chi connectivity index (χ3n) is 2.33. The molecule has 0 amide bonds. The van der Waals surface area contributed by atoms with E-state index in [0.717, 1.165) is 0 Å². The highest BCUT2D eigenvalue weighted by molar-refractivity contribution is 5.94. The molecule has 82 valence electrons. The summed E-state index contributed by atoms with van der Waals surface area (Å²) in [6, 6.07) is 5.92. The van der Waals surface area contributed by atoms with E-state index in [1.54, 1.807) is 19.2 Å². The molecular weight excluding hydrogens is 210 g/mol. The number of H-pyrrole nitrogens is 1. The molecule has 0 unspecified atom stereocenters. The van der Waals surface area contributed by atoms with Crippen LogP contribution in [0.5, 0.6) is 0 Å². The molecule has 0 radical (unpaired) electrons. The Morgan fingerprint density at radius 1 is 1.31 bits per heavy atom. The van der Waals surface area contributed by atoms with Crippen molar-refractivity contribution in [3.63, 3.8) is 0 Å². The molecule has 2 aromatic rings. The van der Waals surface area contributed by atoms with Gasteiger partial charge >= 0.3 is 5.69 Å². The first-order valence-electron chi connectivity index (χ1n) is 4.61. The molecule has 0 saturated heterocycles. The number of hydrogen-bond acceptors (Lipinski definition) is 4. The largest absolute Gasteiger partial charge is 0.383 e. The maximum absolute atomic E-state index is 11.1. The van der Waals surface area contributed by atoms with E-state index >= 15 is 0 Å². The second kappa shape index (κ2) is 3.65. The molecule has 1 aromatic heterocycles. The molecular formula is C10H9N3O3. The van der Waals surface area contributed by atoms with Crippen LogP contribution in [0.2, 0.25) is 0 Å². The zero-order valence-electron chi connectivity index (χ0n) is 8.48. The van der Waals surface area contributed by atoms with Gasteiger partial charge in [0.1, 0.15) is 5.69 Å². The fourth-order valence-electron chi connectivity index (χ4n) is 1.62. The monoisotopic (exact) mass is 219 g/mol. The number of rotatable bonds is 2. The second-order valence-electron chi connectivity index (χ2n) is 3.25. The van der Waals surface area contributed by atoms with Crippen molar-refractivity contribution < 1.29 is 4.92 Å². The van der Waals surface area contributed by atoms with E-state index in [2.05, 4.69) is 10.3 Å². The average Bonchev–Trinajstić information content (AvgIpc) is 2.26. The summed E-state index contributed by atoms with van der Waals surface area (Å²) in [5.74, 6) is 0. The van der Waals surface area contributed by atoms with Crippen LogP contribution in [-0.4, -0.2) is 17.0 Å². The number of anilines is 1. The Bertz CT molecular complexity index is 618. The van der Waals surface area contributed by atoms with Crippen LogP contribution in [0.4, 0.5) is 11.4 Å². The smallest absolute Gasteiger partial charge is 0.301 e. The number of nitrogens with zero attached hydrogens (tertiary/aromatic N) is 1. The second-order valence-corrected chi connectivity index (χ2v) is 3.25. The molecule has 0 atom stereocenters. The summed E-state index contributed by atoms with van der Waals surface area (Å²) in [5.41, 5.74) is 0.568. The minimum Gasteiger partial charge on any atom is -0.383 e. The molecule has 6 nitrogen and oxygen atoms in total. The van der Waals surface area contributed by atoms with Gasteiger partial charge in [0.05, 0.1) is 15.8 Å². The number of nitrogens with one attached hydrogen (secondary N) is 2. The average molecular weight is 219 g/mol. The van der Waals surface area contributed by atoms with Crippen molar-refractivity contribution in [2.75, 3.05) is 12.4 Å². The number of pyridine rings is 1. The van der Waals surface area contributed by atoms with Crippen LogP contribution in [0.15, 0.2) is 29.1 Å². The highest BCUT2D eigenvalue weighted by Crippen LogP contribution is 2.31. The minimum atomic E-state index is -0.466. The molecule has 0 aliphatic rings. The Labute approximate surface area is 90.1 Å². The first-order valence-corrected chi connectivity index (χ1v) is 4.61. The molecule has 6 heteroatoms. The van der Waals surface area contributed by atoms with Gasteiger partial charge in [-0.15, -0.1) is 0 Å². The standard InChI is InChI=1S/C10H9N3O3/c1-11-8-4-3-7-6(10(8)13(15)16)2-5-9(14)12-7/h2-5,11H,1H3,(H,12,14). The molecule has 2 rings (SSSR count). The molecule has 0 fully saturated rings. The number of hydrogen-bond donors (Lipinski definition) is 2. The Morgan fingerprint density at radius 3 is 2.69 bits per heavy atom. The zero-order valence-corrected chi connectivity index (χ0v) is 8.48. The van der Waals surface area contributed by atoms with Gasteiger partial charge in [0.25, 0.3) is 0 Å². The SMILES string of the molecule is CNc1ccc2[nH]c(=O)ccc2c1[N+](=O)[O-]. The van der Waals surface area contributed by atoms with E-state index in [4.69, 9.17) is 0 Å². The maximum atomic E-state index is 11.1. The Balaban J connectivity index is 2.89. The lowest BCUT2D eigenvalue weighted by atomic mass is 10.1. The Kier molecular flexibility index (Phi) is 2.32. The van der Waals surface area contributed by atoms with Gasteiger partial charge in [0, 0.05) is 13.1 Å². The molecule has 0 saturated carbocycles. The van der Waals surface area contributed by atoms with Gasteiger partial charge in [-0.2, -0.15) is 0 Å². The predicted molar refractivity (Wildman–Crippen MR) is 60.8 cm³/mol. The van der Waals surface area contributed by atoms with E-state index in [1.807, 2.05) is 0 Å². The predicted octanol–water partition coefficient (Wildman–Crippen LogP) is 1.48. The summed E-state index contributed by atoms with van der Waals surface area (Å²) in [7, 11) is 1.61. The Morgan fingerprint density at radius 2 is 2.06 bits per heavy atom. The zero-order chi connectivity index (χ0) is 11.7. The molecule has 1 aromatic carbocycles. The lowest BCUT2D eigenvalue weighted by molar-refractivity contribution is -0.382. The summed E-state index contributed by atoms with van der Waals surface area (Å²) in [6.45, 7) is 0. The van der Waals surface area contributed by atoms with Gasteiger partial charge in [0.2, 0.25) is 5.56 Å². The van der Waals surface area contributed by atoms with Crippen LogP contribution >= 0.6 is 0 Å². The fraction of sp³-hybridized carbons (Fsp3) is 0.100. The van der Waals surface area contributed by atoms with Crippen LogP contribution < -0.4 is 10.9 Å². The first-order chi connectivity index (χ1) is 7.63. The summed E-state index contributed by atoms with van der Waals surface area (Å²) in [4.78, 5) is 24.1. The van der Waals surface area contributed by atoms with Crippen molar-refractivity contribution in [3.8, 4) is 0 Å². The summed E-state index contributed by atoms with van der Waals surface area (Å²) < 4.78 is 0. The van der Waals surface area contributed by atoms with Crippen molar-refractivity contribution in [1.82, 2.24) is 4.98 Å². The summed E-state index contributed by atoms with van der Waals surface area (Å²) in [5, 5.41) is 14.1. The lowest BCUT2D eigenvalue weighted by Crippen LogP contribution is -2.04. The van der Waals surface area contributed by atoms with E-state index in [0.29, 0.717) is 16.6 Å². The first kappa shape index (κ1) is 10.2. The highest BCUT2D eigenvalue weighted by atomic mass is 16.6. The number of aromatic amines is 1. The van der Waals surface area contributed by atoms with Crippen LogP contribution in [0, 0.1) is 10.1 Å². The number of nitro groups is 1. The molecule has 0 aliphatic heterocycles. The molecule has 2 N–H and O–H groups in total. The van der Waals surface area contributed by atoms with Gasteiger partial charge in [-0.25, -0.2) is 0 Å². The molecule has 16 heavy (non-hydrogen) atoms. The van der Waals surface area contributed by atoms with E-state index < -0.39 is 4.92 Å². The topological polar surface area (TPSA) is 88.0 Å². The third-order valence-corrected chi connectivity index (χ3v) is 2.33. The van der Waals surface area contributed by atoms with Crippen molar-refractivity contribution in [3.05, 3.63) is 44.7 Å². The van der Waals surface area contributed by atoms with Crippen molar-refractivity contribution in [2.45, 2.75) is 0 Å². The lowest BCUT2D eigenvalue weighted by Gasteiger charge is -2.04. The molecule has 1 heterocycles. The van der Waals surface area contributed by atoms with Gasteiger partial charge in [-0.1, -0.05) is 0 Å². The van der Waals surface area contributed by atoms with Crippen LogP contribution in [0.25, 0.3) is 10.9 Å². The maximum Gasteiger partial charge on any atom is 0.301 e. The van der Waals surface area contributed by atoms with E-state index in [9.17, 15) is 14.9 Å². The summed E-state index contributed by atoms with van der Waals surface area (Å²) >= 11 is 0. The normalized spacial score (nSPS) is 10.3. The highest BCUT2D eigenvalue weighted by Gasteiger charge is 2.17. The van der Waals surface area contributed by atoms with Crippen molar-refractivity contribution >= 4 is 22.3 Å². The minimum absolute atomic E-state index is 0.0312. The summed E-state index contributed by atoms with van der Waals surface area (Å²) in [6.07, 6.45) is 0. The molecule has 0 bridgehead atoms. The molecule has 0 aliphatic carbocycles. The van der Waals surface area contributed by atoms with Crippen molar-refractivity contribution in [1.29, 1.82) is 0 Å². The van der Waals surface area contributed by atoms with Crippen LogP contribution in [0.1, 0.15) is 0 Å². The molecule has 0 spiro atoms. The van der Waals surface area contributed by atoms with Gasteiger partial charge in [0.15, 0.2) is 0 Å². The van der Waals surface area contributed by atoms with E-state index in [-0.39, 0.29) is 11.2 Å². The van der Waals surface area contributed by atoms with Crippen molar-refractivity contribution in [2.24, 2.45) is 0 Å². The van der Waals surface area contributed by atoms with Gasteiger partial charge < -0.3 is 10.3 Å². The van der Waals surface area contributed by atoms with Crippen LogP contribution in [0.3, 0.4) is 0 Å². The van der Waals surface area contributed by atoms with Gasteiger partial charge in [-0.3, -0.25) is 14.9 Å². The quantitative estimate of drug-likeness (QED) is 0.591. The Hall–Kier alpha value is -2.37. The van der Waals surface area contributed by atoms with Gasteiger partial charge in [-0.05, 0) is 18.2 Å². The number of aromatic nitrogens is 1. The fourth-order valence-corrected chi connectivity index (χ4v) is 1.62. The third kappa shape index (κ3) is 1.50.